The molecule has 3 rings (SSSR count). The van der Waals surface area contributed by atoms with E-state index in [1.807, 2.05) is 55.5 Å². The molecule has 0 atom stereocenters. The van der Waals surface area contributed by atoms with E-state index in [2.05, 4.69) is 10.3 Å². The van der Waals surface area contributed by atoms with Gasteiger partial charge in [0.05, 0.1) is 18.2 Å². The van der Waals surface area contributed by atoms with Crippen LogP contribution in [0.25, 0.3) is 0 Å². The van der Waals surface area contributed by atoms with Crippen molar-refractivity contribution in [3.05, 3.63) is 82.7 Å². The van der Waals surface area contributed by atoms with Crippen molar-refractivity contribution in [2.24, 2.45) is 0 Å². The number of hydrogen-bond acceptors (Lipinski definition) is 4. The number of ketones is 1. The molecule has 1 aromatic heterocycles. The molecule has 0 radical (unpaired) electrons. The maximum atomic E-state index is 13.4. The summed E-state index contributed by atoms with van der Waals surface area (Å²) in [5.41, 5.74) is 4.11. The smallest absolute Gasteiger partial charge is 0.340 e. The monoisotopic (exact) mass is 362 g/mol. The highest BCUT2D eigenvalue weighted by molar-refractivity contribution is 6.18. The topological polar surface area (TPSA) is 71.2 Å². The van der Waals surface area contributed by atoms with Gasteiger partial charge in [0.15, 0.2) is 5.78 Å². The lowest BCUT2D eigenvalue weighted by molar-refractivity contribution is 0.0597. The Kier molecular flexibility index (Phi) is 5.41. The van der Waals surface area contributed by atoms with Crippen LogP contribution < -0.4 is 5.32 Å². The van der Waals surface area contributed by atoms with Crippen LogP contribution >= 0.6 is 0 Å². The van der Waals surface area contributed by atoms with Crippen molar-refractivity contribution in [2.45, 2.75) is 20.3 Å². The van der Waals surface area contributed by atoms with Gasteiger partial charge >= 0.3 is 5.97 Å². The summed E-state index contributed by atoms with van der Waals surface area (Å²) in [6.45, 7) is 3.72. The first-order valence-electron chi connectivity index (χ1n) is 8.82. The first kappa shape index (κ1) is 18.5. The highest BCUT2D eigenvalue weighted by atomic mass is 16.5. The van der Waals surface area contributed by atoms with Gasteiger partial charge in [-0.2, -0.15) is 0 Å². The number of carbonyl (C=O) groups is 2. The summed E-state index contributed by atoms with van der Waals surface area (Å²) in [5, 5.41) is 3.28. The summed E-state index contributed by atoms with van der Waals surface area (Å²) in [6.07, 6.45) is 0.604. The maximum Gasteiger partial charge on any atom is 0.340 e. The number of rotatable bonds is 6. The zero-order valence-electron chi connectivity index (χ0n) is 15.6. The van der Waals surface area contributed by atoms with Gasteiger partial charge in [0.2, 0.25) is 0 Å². The molecule has 27 heavy (non-hydrogen) atoms. The number of esters is 1. The van der Waals surface area contributed by atoms with Crippen LogP contribution in [0, 0.1) is 6.92 Å². The number of hydrogen-bond donors (Lipinski definition) is 2. The van der Waals surface area contributed by atoms with E-state index in [0.29, 0.717) is 34.5 Å². The number of ether oxygens (including phenoxy) is 1. The van der Waals surface area contributed by atoms with E-state index < -0.39 is 5.97 Å². The first-order valence-corrected chi connectivity index (χ1v) is 8.82. The molecule has 0 fully saturated rings. The molecule has 0 aliphatic carbocycles. The molecule has 0 aliphatic heterocycles. The normalized spacial score (nSPS) is 10.5. The molecule has 0 amide bonds. The van der Waals surface area contributed by atoms with Gasteiger partial charge in [-0.1, -0.05) is 37.3 Å². The van der Waals surface area contributed by atoms with E-state index in [1.54, 1.807) is 13.0 Å². The van der Waals surface area contributed by atoms with Crippen LogP contribution in [0.2, 0.25) is 0 Å². The molecule has 0 unspecified atom stereocenters. The van der Waals surface area contributed by atoms with E-state index in [4.69, 9.17) is 4.74 Å². The van der Waals surface area contributed by atoms with E-state index >= 15 is 0 Å². The second-order valence-corrected chi connectivity index (χ2v) is 6.19. The van der Waals surface area contributed by atoms with Crippen molar-refractivity contribution in [1.29, 1.82) is 0 Å². The molecule has 0 spiro atoms. The largest absolute Gasteiger partial charge is 0.465 e. The molecule has 2 N–H and O–H groups in total. The molecule has 5 heteroatoms. The number of methoxy groups -OCH3 is 1. The van der Waals surface area contributed by atoms with E-state index in [1.165, 1.54) is 7.11 Å². The summed E-state index contributed by atoms with van der Waals surface area (Å²) in [7, 11) is 1.32. The summed E-state index contributed by atoms with van der Waals surface area (Å²) in [4.78, 5) is 28.9. The summed E-state index contributed by atoms with van der Waals surface area (Å²) < 4.78 is 4.90. The third kappa shape index (κ3) is 3.62. The second kappa shape index (κ2) is 7.91. The molecule has 0 bridgehead atoms. The van der Waals surface area contributed by atoms with Crippen molar-refractivity contribution in [3.63, 3.8) is 0 Å². The fourth-order valence-corrected chi connectivity index (χ4v) is 3.16. The number of aromatic amines is 1. The summed E-state index contributed by atoms with van der Waals surface area (Å²) in [5.74, 6) is -0.726. The molecule has 1 heterocycles. The molecule has 2 aromatic carbocycles. The maximum absolute atomic E-state index is 13.4. The van der Waals surface area contributed by atoms with Crippen LogP contribution in [-0.2, 0) is 11.2 Å². The molecular formula is C22H22N2O3. The number of para-hydroxylation sites is 2. The number of aryl methyl sites for hydroxylation is 2. The number of aromatic nitrogens is 1. The highest BCUT2D eigenvalue weighted by Gasteiger charge is 2.27. The van der Waals surface area contributed by atoms with E-state index in [-0.39, 0.29) is 5.78 Å². The first-order chi connectivity index (χ1) is 13.1. The Morgan fingerprint density at radius 2 is 1.67 bits per heavy atom. The molecule has 0 aliphatic rings. The fraction of sp³-hybridized carbons (Fsp3) is 0.182. The highest BCUT2D eigenvalue weighted by Crippen LogP contribution is 2.28. The Labute approximate surface area is 158 Å². The average molecular weight is 362 g/mol. The summed E-state index contributed by atoms with van der Waals surface area (Å²) >= 11 is 0. The average Bonchev–Trinajstić information content (AvgIpc) is 3.04. The van der Waals surface area contributed by atoms with Crippen LogP contribution in [0.1, 0.15) is 44.6 Å². The van der Waals surface area contributed by atoms with Crippen LogP contribution in [0.4, 0.5) is 11.4 Å². The van der Waals surface area contributed by atoms with E-state index in [0.717, 1.165) is 11.4 Å². The Balaban J connectivity index is 2.09. The Morgan fingerprint density at radius 1 is 1.00 bits per heavy atom. The minimum absolute atomic E-state index is 0.212. The lowest BCUT2D eigenvalue weighted by Gasteiger charge is -2.12. The second-order valence-electron chi connectivity index (χ2n) is 6.19. The number of anilines is 2. The van der Waals surface area contributed by atoms with Gasteiger partial charge in [-0.3, -0.25) is 4.79 Å². The van der Waals surface area contributed by atoms with Gasteiger partial charge in [-0.15, -0.1) is 0 Å². The minimum atomic E-state index is -0.514. The van der Waals surface area contributed by atoms with Crippen LogP contribution in [0.15, 0.2) is 54.6 Å². The van der Waals surface area contributed by atoms with E-state index in [9.17, 15) is 9.59 Å². The SMILES string of the molecule is CCc1[nH]c(C)c(C(=O)OC)c1C(=O)c1ccccc1Nc1ccccc1. The number of benzene rings is 2. The predicted octanol–water partition coefficient (Wildman–Crippen LogP) is 4.65. The Bertz CT molecular complexity index is 974. The van der Waals surface area contributed by atoms with Crippen molar-refractivity contribution in [3.8, 4) is 0 Å². The molecular weight excluding hydrogens is 340 g/mol. The number of H-pyrrole nitrogens is 1. The van der Waals surface area contributed by atoms with Crippen LogP contribution in [0.3, 0.4) is 0 Å². The van der Waals surface area contributed by atoms with Gasteiger partial charge in [0.1, 0.15) is 0 Å². The van der Waals surface area contributed by atoms with Crippen molar-refractivity contribution >= 4 is 23.1 Å². The Morgan fingerprint density at radius 3 is 2.33 bits per heavy atom. The number of nitrogens with one attached hydrogen (secondary N) is 2. The zero-order chi connectivity index (χ0) is 19.4. The van der Waals surface area contributed by atoms with Crippen molar-refractivity contribution in [1.82, 2.24) is 4.98 Å². The molecule has 138 valence electrons. The third-order valence-corrected chi connectivity index (χ3v) is 4.46. The van der Waals surface area contributed by atoms with Gasteiger partial charge in [-0.25, -0.2) is 4.79 Å². The van der Waals surface area contributed by atoms with Gasteiger partial charge in [0.25, 0.3) is 0 Å². The van der Waals surface area contributed by atoms with Crippen molar-refractivity contribution < 1.29 is 14.3 Å². The van der Waals surface area contributed by atoms with Crippen LogP contribution in [0.5, 0.6) is 0 Å². The molecule has 0 saturated carbocycles. The van der Waals surface area contributed by atoms with Gasteiger partial charge in [-0.05, 0) is 37.6 Å². The van der Waals surface area contributed by atoms with Crippen molar-refractivity contribution in [2.75, 3.05) is 12.4 Å². The van der Waals surface area contributed by atoms with Gasteiger partial charge in [0, 0.05) is 28.3 Å². The third-order valence-electron chi connectivity index (χ3n) is 4.46. The number of carbonyl (C=O) groups excluding carboxylic acids is 2. The van der Waals surface area contributed by atoms with Crippen LogP contribution in [-0.4, -0.2) is 23.8 Å². The zero-order valence-corrected chi connectivity index (χ0v) is 15.6. The fourth-order valence-electron chi connectivity index (χ4n) is 3.16. The quantitative estimate of drug-likeness (QED) is 0.495. The molecule has 0 saturated heterocycles. The van der Waals surface area contributed by atoms with Gasteiger partial charge < -0.3 is 15.0 Å². The minimum Gasteiger partial charge on any atom is -0.465 e. The summed E-state index contributed by atoms with van der Waals surface area (Å²) in [6, 6.07) is 16.9. The lowest BCUT2D eigenvalue weighted by Crippen LogP contribution is -2.13. The predicted molar refractivity (Wildman–Crippen MR) is 106 cm³/mol. The Hall–Kier alpha value is -3.34. The molecule has 5 nitrogen and oxygen atoms in total. The molecule has 3 aromatic rings. The standard InChI is InChI=1S/C22H22N2O3/c1-4-17-20(19(14(2)23-17)22(26)27-3)21(25)16-12-8-9-13-18(16)24-15-10-6-5-7-11-15/h5-13,23-24H,4H2,1-3H3. The lowest BCUT2D eigenvalue weighted by atomic mass is 9.96.